The summed E-state index contributed by atoms with van der Waals surface area (Å²) in [5.41, 5.74) is 2.20. The van der Waals surface area contributed by atoms with Gasteiger partial charge in [0.15, 0.2) is 0 Å². The smallest absolute Gasteiger partial charge is 0.416 e. The second kappa shape index (κ2) is 10.8. The number of likely N-dealkylation sites (tertiary alicyclic amines) is 1. The van der Waals surface area contributed by atoms with Crippen LogP contribution in [0.25, 0.3) is 11.3 Å². The number of carbonyl (C=O) groups excluding carboxylic acids is 1. The molecule has 2 aliphatic rings. The van der Waals surface area contributed by atoms with Gasteiger partial charge in [-0.3, -0.25) is 9.69 Å². The van der Waals surface area contributed by atoms with Gasteiger partial charge < -0.3 is 20.8 Å². The van der Waals surface area contributed by atoms with Crippen LogP contribution in [0.15, 0.2) is 48.8 Å². The third-order valence-corrected chi connectivity index (χ3v) is 7.46. The summed E-state index contributed by atoms with van der Waals surface area (Å²) >= 11 is 0. The van der Waals surface area contributed by atoms with Crippen molar-refractivity contribution in [3.63, 3.8) is 0 Å². The van der Waals surface area contributed by atoms with Crippen LogP contribution < -0.4 is 10.6 Å². The molecular weight excluding hydrogens is 527 g/mol. The molecule has 1 saturated heterocycles. The van der Waals surface area contributed by atoms with E-state index >= 15 is 0 Å². The summed E-state index contributed by atoms with van der Waals surface area (Å²) in [5, 5.41) is 25.5. The number of benzene rings is 2. The van der Waals surface area contributed by atoms with Crippen LogP contribution in [-0.2, 0) is 23.8 Å². The Balaban J connectivity index is 1.48. The van der Waals surface area contributed by atoms with Crippen molar-refractivity contribution >= 4 is 29.2 Å². The van der Waals surface area contributed by atoms with Gasteiger partial charge in [-0.05, 0) is 61.9 Å². The number of amides is 2. The number of aryl methyl sites for hydroxylation is 1. The lowest BCUT2D eigenvalue weighted by molar-refractivity contribution is -0.137. The molecule has 1 aromatic heterocycles. The minimum Gasteiger partial charge on any atom is -0.465 e. The number of fused-ring (bicyclic) bond motifs is 1. The Kier molecular flexibility index (Phi) is 7.37. The predicted octanol–water partition coefficient (Wildman–Crippen LogP) is 5.23. The van der Waals surface area contributed by atoms with E-state index in [1.807, 2.05) is 18.2 Å². The molecule has 3 atom stereocenters. The van der Waals surface area contributed by atoms with Gasteiger partial charge in [0.25, 0.3) is 0 Å². The molecule has 210 valence electrons. The number of aromatic nitrogens is 2. The van der Waals surface area contributed by atoms with Gasteiger partial charge in [-0.1, -0.05) is 18.2 Å². The van der Waals surface area contributed by atoms with Crippen LogP contribution in [0.1, 0.15) is 42.9 Å². The Morgan fingerprint density at radius 1 is 1.05 bits per heavy atom. The molecule has 2 amide bonds. The number of aliphatic hydroxyl groups excluding tert-OH is 1. The molecule has 5 rings (SSSR count). The van der Waals surface area contributed by atoms with Gasteiger partial charge in [0.2, 0.25) is 5.91 Å². The number of carbonyl (C=O) groups is 2. The lowest BCUT2D eigenvalue weighted by Gasteiger charge is -2.25. The maximum atomic E-state index is 13.6. The van der Waals surface area contributed by atoms with E-state index in [1.54, 1.807) is 13.0 Å². The number of hydrogen-bond acceptors (Lipinski definition) is 6. The molecule has 1 aliphatic carbocycles. The van der Waals surface area contributed by atoms with Crippen molar-refractivity contribution in [3.8, 4) is 11.3 Å². The molecule has 3 unspecified atom stereocenters. The molecule has 2 aromatic carbocycles. The average molecular weight is 556 g/mol. The molecule has 4 N–H and O–H groups in total. The zero-order valence-electron chi connectivity index (χ0n) is 21.6. The summed E-state index contributed by atoms with van der Waals surface area (Å²) in [6.07, 6.45) is -2.50. The average Bonchev–Trinajstić information content (AvgIpc) is 3.30. The summed E-state index contributed by atoms with van der Waals surface area (Å²) in [6, 6.07) is 8.83. The quantitative estimate of drug-likeness (QED) is 0.340. The molecule has 2 heterocycles. The van der Waals surface area contributed by atoms with Gasteiger partial charge in [0, 0.05) is 29.8 Å². The molecule has 0 bridgehead atoms. The number of alkyl halides is 3. The first kappa shape index (κ1) is 27.4. The zero-order chi connectivity index (χ0) is 28.6. The van der Waals surface area contributed by atoms with Crippen LogP contribution in [0, 0.1) is 0 Å². The molecule has 1 fully saturated rings. The van der Waals surface area contributed by atoms with Gasteiger partial charge in [-0.25, -0.2) is 14.8 Å². The van der Waals surface area contributed by atoms with E-state index in [-0.39, 0.29) is 23.4 Å². The normalized spacial score (nSPS) is 20.6. The Morgan fingerprint density at radius 2 is 1.85 bits per heavy atom. The molecule has 0 saturated carbocycles. The molecule has 1 aliphatic heterocycles. The first-order chi connectivity index (χ1) is 19.0. The maximum absolute atomic E-state index is 13.6. The lowest BCUT2D eigenvalue weighted by atomic mass is 9.88. The third-order valence-electron chi connectivity index (χ3n) is 7.46. The molecule has 12 heteroatoms. The van der Waals surface area contributed by atoms with Gasteiger partial charge in [-0.2, -0.15) is 13.2 Å². The highest BCUT2D eigenvalue weighted by atomic mass is 19.4. The Bertz CT molecular complexity index is 1450. The minimum absolute atomic E-state index is 0.144. The van der Waals surface area contributed by atoms with Crippen molar-refractivity contribution in [3.05, 3.63) is 65.5 Å². The van der Waals surface area contributed by atoms with Crippen LogP contribution >= 0.6 is 0 Å². The van der Waals surface area contributed by atoms with E-state index < -0.39 is 41.9 Å². The Hall–Kier alpha value is -4.19. The summed E-state index contributed by atoms with van der Waals surface area (Å²) in [4.78, 5) is 34.3. The molecule has 0 radical (unpaired) electrons. The van der Waals surface area contributed by atoms with E-state index in [0.29, 0.717) is 25.1 Å². The third kappa shape index (κ3) is 5.57. The number of anilines is 3. The van der Waals surface area contributed by atoms with Crippen molar-refractivity contribution in [1.82, 2.24) is 14.9 Å². The van der Waals surface area contributed by atoms with Crippen LogP contribution in [0.2, 0.25) is 0 Å². The number of halogens is 3. The summed E-state index contributed by atoms with van der Waals surface area (Å²) in [5.74, 6) is -0.341. The van der Waals surface area contributed by atoms with E-state index in [9.17, 15) is 33.0 Å². The monoisotopic (exact) mass is 555 g/mol. The van der Waals surface area contributed by atoms with E-state index in [4.69, 9.17) is 0 Å². The van der Waals surface area contributed by atoms with Gasteiger partial charge in [-0.15, -0.1) is 0 Å². The summed E-state index contributed by atoms with van der Waals surface area (Å²) in [6.45, 7) is 1.68. The second-order valence-corrected chi connectivity index (χ2v) is 10.1. The Morgan fingerprint density at radius 3 is 2.60 bits per heavy atom. The summed E-state index contributed by atoms with van der Waals surface area (Å²) in [7, 11) is 0. The van der Waals surface area contributed by atoms with Gasteiger partial charge in [0.1, 0.15) is 18.2 Å². The maximum Gasteiger partial charge on any atom is 0.416 e. The highest BCUT2D eigenvalue weighted by Crippen LogP contribution is 2.37. The van der Waals surface area contributed by atoms with Crippen molar-refractivity contribution in [2.75, 3.05) is 10.6 Å². The topological polar surface area (TPSA) is 128 Å². The van der Waals surface area contributed by atoms with Crippen LogP contribution in [0.5, 0.6) is 0 Å². The number of aliphatic hydroxyl groups is 1. The van der Waals surface area contributed by atoms with Gasteiger partial charge in [0.05, 0.1) is 23.0 Å². The highest BCUT2D eigenvalue weighted by molar-refractivity contribution is 6.00. The lowest BCUT2D eigenvalue weighted by Crippen LogP contribution is -2.45. The van der Waals surface area contributed by atoms with Crippen LogP contribution in [0.3, 0.4) is 0 Å². The summed E-state index contributed by atoms with van der Waals surface area (Å²) < 4.78 is 40.7. The van der Waals surface area contributed by atoms with Crippen molar-refractivity contribution < 1.29 is 33.0 Å². The molecule has 9 nitrogen and oxygen atoms in total. The van der Waals surface area contributed by atoms with Crippen molar-refractivity contribution in [1.29, 1.82) is 0 Å². The first-order valence-corrected chi connectivity index (χ1v) is 12.9. The fourth-order valence-corrected chi connectivity index (χ4v) is 5.42. The van der Waals surface area contributed by atoms with Crippen molar-refractivity contribution in [2.45, 2.75) is 63.4 Å². The first-order valence-electron chi connectivity index (χ1n) is 12.9. The van der Waals surface area contributed by atoms with E-state index in [0.717, 1.165) is 40.3 Å². The number of rotatable bonds is 5. The molecule has 40 heavy (non-hydrogen) atoms. The fourth-order valence-electron chi connectivity index (χ4n) is 5.42. The van der Waals surface area contributed by atoms with Crippen LogP contribution in [0.4, 0.5) is 35.2 Å². The minimum atomic E-state index is -4.66. The fraction of sp³-hybridized carbons (Fsp3) is 0.357. The van der Waals surface area contributed by atoms with Crippen LogP contribution in [-0.4, -0.2) is 55.3 Å². The predicted molar refractivity (Wildman–Crippen MR) is 141 cm³/mol. The molecule has 3 aromatic rings. The second-order valence-electron chi connectivity index (χ2n) is 10.1. The largest absolute Gasteiger partial charge is 0.465 e. The van der Waals surface area contributed by atoms with Gasteiger partial charge >= 0.3 is 12.3 Å². The number of carboxylic acid groups (broad SMARTS) is 1. The van der Waals surface area contributed by atoms with Crippen molar-refractivity contribution in [2.24, 2.45) is 0 Å². The Labute approximate surface area is 228 Å². The van der Waals surface area contributed by atoms with E-state index in [1.165, 1.54) is 12.4 Å². The molecular formula is C28H28F3N5O4. The van der Waals surface area contributed by atoms with E-state index in [2.05, 4.69) is 20.6 Å². The number of hydrogen-bond donors (Lipinski definition) is 4. The standard InChI is InChI=1S/C28H28F3N5O4/c1-15-5-10-24(36(15)27(39)40)26(38)35-23-11-17(28(29,30)31)7-9-19(23)22-13-25(33-14-32-22)34-21-4-2-3-16-6-8-18(37)12-20(16)21/h2-4,7,9,11,13-15,18,24,37H,5-6,8,10,12H2,1H3,(H,35,38)(H,39,40)(H,32,33,34). The SMILES string of the molecule is CC1CCC(C(=O)Nc2cc(C(F)(F)F)ccc2-c2cc(Nc3cccc4c3CC(O)CC4)ncn2)N1C(=O)O. The zero-order valence-corrected chi connectivity index (χ0v) is 21.6. The molecule has 0 spiro atoms. The number of nitrogens with zero attached hydrogens (tertiary/aromatic N) is 3. The highest BCUT2D eigenvalue weighted by Gasteiger charge is 2.39. The number of nitrogens with one attached hydrogen (secondary N) is 2.